The first-order valence-electron chi connectivity index (χ1n) is 8.21. The molecule has 4 N–H and O–H groups in total. The van der Waals surface area contributed by atoms with Gasteiger partial charge in [0, 0.05) is 18.5 Å². The summed E-state index contributed by atoms with van der Waals surface area (Å²) in [5.74, 6) is -0.305. The summed E-state index contributed by atoms with van der Waals surface area (Å²) in [6.45, 7) is 3.05. The van der Waals surface area contributed by atoms with Gasteiger partial charge in [-0.3, -0.25) is 10.1 Å². The van der Waals surface area contributed by atoms with Crippen molar-refractivity contribution in [2.24, 2.45) is 0 Å². The van der Waals surface area contributed by atoms with Gasteiger partial charge in [-0.05, 0) is 12.5 Å². The summed E-state index contributed by atoms with van der Waals surface area (Å²) in [7, 11) is 0. The van der Waals surface area contributed by atoms with Gasteiger partial charge in [-0.15, -0.1) is 0 Å². The second kappa shape index (κ2) is 9.47. The van der Waals surface area contributed by atoms with Crippen LogP contribution in [0.2, 0.25) is 0 Å². The number of carbonyl (C=O) groups excluding carboxylic acids is 2. The topological polar surface area (TPSA) is 74.8 Å². The Morgan fingerprint density at radius 1 is 1.00 bits per heavy atom. The number of amides is 3. The van der Waals surface area contributed by atoms with E-state index in [1.54, 1.807) is 0 Å². The second-order valence-electron chi connectivity index (χ2n) is 5.50. The number of hydrogen-bond donors (Lipinski definition) is 3. The van der Waals surface area contributed by atoms with Crippen LogP contribution in [0.1, 0.15) is 24.1 Å². The minimum Gasteiger partial charge on any atom is -0.338 e. The number of imide groups is 1. The van der Waals surface area contributed by atoms with E-state index in [0.29, 0.717) is 6.54 Å². The first-order valence-corrected chi connectivity index (χ1v) is 8.21. The van der Waals surface area contributed by atoms with Gasteiger partial charge in [0.1, 0.15) is 0 Å². The fourth-order valence-electron chi connectivity index (χ4n) is 2.51. The van der Waals surface area contributed by atoms with Crippen LogP contribution >= 0.6 is 0 Å². The Labute approximate surface area is 142 Å². The van der Waals surface area contributed by atoms with Crippen LogP contribution in [0.15, 0.2) is 60.7 Å². The Bertz CT molecular complexity index is 644. The lowest BCUT2D eigenvalue weighted by Gasteiger charge is -2.15. The van der Waals surface area contributed by atoms with Gasteiger partial charge in [0.15, 0.2) is 6.04 Å². The summed E-state index contributed by atoms with van der Waals surface area (Å²) in [5.41, 5.74) is 2.11. The normalized spacial score (nSPS) is 11.5. The summed E-state index contributed by atoms with van der Waals surface area (Å²) in [6, 6.07) is 18.7. The molecule has 0 aliphatic heterocycles. The van der Waals surface area contributed by atoms with E-state index in [0.717, 1.165) is 18.5 Å². The predicted molar refractivity (Wildman–Crippen MR) is 93.3 cm³/mol. The van der Waals surface area contributed by atoms with Crippen molar-refractivity contribution >= 4 is 11.9 Å². The molecule has 0 aliphatic carbocycles. The SMILES string of the molecule is CCNC(=O)NC(=O)[C@H]([NH2+]CCc1ccccc1)c1ccccc1. The molecule has 3 amide bonds. The standard InChI is InChI=1S/C19H23N3O2/c1-2-20-19(24)22-18(23)17(16-11-7-4-8-12-16)21-14-13-15-9-5-3-6-10-15/h3-12,17,21H,2,13-14H2,1H3,(H2,20,22,23,24)/p+1/t17-/m1/s1. The molecule has 0 spiro atoms. The van der Waals surface area contributed by atoms with E-state index >= 15 is 0 Å². The molecule has 0 saturated heterocycles. The zero-order valence-electron chi connectivity index (χ0n) is 13.9. The van der Waals surface area contributed by atoms with Crippen molar-refractivity contribution in [1.29, 1.82) is 0 Å². The molecule has 0 aromatic heterocycles. The highest BCUT2D eigenvalue weighted by Gasteiger charge is 2.25. The highest BCUT2D eigenvalue weighted by atomic mass is 16.2. The fourth-order valence-corrected chi connectivity index (χ4v) is 2.51. The van der Waals surface area contributed by atoms with Gasteiger partial charge in [-0.2, -0.15) is 0 Å². The average Bonchev–Trinajstić information content (AvgIpc) is 2.60. The predicted octanol–water partition coefficient (Wildman–Crippen LogP) is 1.38. The number of quaternary nitrogens is 1. The van der Waals surface area contributed by atoms with E-state index in [-0.39, 0.29) is 5.91 Å². The third kappa shape index (κ3) is 5.52. The molecule has 2 rings (SSSR count). The fraction of sp³-hybridized carbons (Fsp3) is 0.263. The minimum atomic E-state index is -0.458. The summed E-state index contributed by atoms with van der Waals surface area (Å²) < 4.78 is 0. The third-order valence-electron chi connectivity index (χ3n) is 3.69. The van der Waals surface area contributed by atoms with E-state index in [2.05, 4.69) is 22.8 Å². The largest absolute Gasteiger partial charge is 0.338 e. The Morgan fingerprint density at radius 2 is 1.62 bits per heavy atom. The highest BCUT2D eigenvalue weighted by Crippen LogP contribution is 2.08. The first kappa shape index (κ1) is 17.7. The number of nitrogens with one attached hydrogen (secondary N) is 2. The molecule has 2 aromatic carbocycles. The second-order valence-corrected chi connectivity index (χ2v) is 5.50. The Hall–Kier alpha value is -2.66. The molecule has 0 radical (unpaired) electrons. The van der Waals surface area contributed by atoms with Gasteiger partial charge in [0.05, 0.1) is 6.54 Å². The number of carbonyl (C=O) groups is 2. The summed E-state index contributed by atoms with van der Waals surface area (Å²) >= 11 is 0. The van der Waals surface area contributed by atoms with Crippen LogP contribution in [0.3, 0.4) is 0 Å². The number of urea groups is 1. The van der Waals surface area contributed by atoms with Crippen molar-refractivity contribution in [3.8, 4) is 0 Å². The quantitative estimate of drug-likeness (QED) is 0.719. The van der Waals surface area contributed by atoms with Crippen LogP contribution < -0.4 is 16.0 Å². The molecule has 0 heterocycles. The zero-order valence-corrected chi connectivity index (χ0v) is 13.9. The lowest BCUT2D eigenvalue weighted by Crippen LogP contribution is -2.88. The van der Waals surface area contributed by atoms with Crippen molar-refractivity contribution in [1.82, 2.24) is 10.6 Å². The van der Waals surface area contributed by atoms with Crippen molar-refractivity contribution in [2.45, 2.75) is 19.4 Å². The number of nitrogens with two attached hydrogens (primary N) is 1. The molecule has 0 saturated carbocycles. The summed E-state index contributed by atoms with van der Waals surface area (Å²) in [6.07, 6.45) is 0.860. The molecule has 0 aliphatic rings. The molecule has 0 fully saturated rings. The lowest BCUT2D eigenvalue weighted by molar-refractivity contribution is -0.682. The zero-order chi connectivity index (χ0) is 17.2. The average molecular weight is 326 g/mol. The molecule has 5 heteroatoms. The molecular formula is C19H24N3O2+. The van der Waals surface area contributed by atoms with Crippen molar-refractivity contribution in [2.75, 3.05) is 13.1 Å². The number of rotatable bonds is 7. The monoisotopic (exact) mass is 326 g/mol. The molecule has 2 aromatic rings. The van der Waals surface area contributed by atoms with Gasteiger partial charge in [-0.1, -0.05) is 60.7 Å². The highest BCUT2D eigenvalue weighted by molar-refractivity contribution is 5.96. The molecule has 0 unspecified atom stereocenters. The Morgan fingerprint density at radius 3 is 2.25 bits per heavy atom. The van der Waals surface area contributed by atoms with E-state index in [1.807, 2.05) is 60.8 Å². The Kier molecular flexibility index (Phi) is 6.98. The van der Waals surface area contributed by atoms with Crippen LogP contribution in [0.5, 0.6) is 0 Å². The van der Waals surface area contributed by atoms with E-state index in [4.69, 9.17) is 0 Å². The van der Waals surface area contributed by atoms with Gasteiger partial charge in [-0.25, -0.2) is 4.79 Å². The molecule has 24 heavy (non-hydrogen) atoms. The van der Waals surface area contributed by atoms with Gasteiger partial charge in [0.2, 0.25) is 0 Å². The molecule has 0 bridgehead atoms. The molecular weight excluding hydrogens is 302 g/mol. The van der Waals surface area contributed by atoms with Crippen molar-refractivity contribution in [3.05, 3.63) is 71.8 Å². The first-order chi connectivity index (χ1) is 11.7. The van der Waals surface area contributed by atoms with Crippen LogP contribution in [-0.2, 0) is 11.2 Å². The third-order valence-corrected chi connectivity index (χ3v) is 3.69. The summed E-state index contributed by atoms with van der Waals surface area (Å²) in [4.78, 5) is 24.1. The number of hydrogen-bond acceptors (Lipinski definition) is 2. The van der Waals surface area contributed by atoms with Crippen LogP contribution in [0.25, 0.3) is 0 Å². The van der Waals surface area contributed by atoms with E-state index in [1.165, 1.54) is 5.56 Å². The molecule has 1 atom stereocenters. The minimum absolute atomic E-state index is 0.305. The van der Waals surface area contributed by atoms with Crippen LogP contribution in [0.4, 0.5) is 4.79 Å². The summed E-state index contributed by atoms with van der Waals surface area (Å²) in [5, 5.41) is 6.96. The smallest absolute Gasteiger partial charge is 0.321 e. The maximum Gasteiger partial charge on any atom is 0.321 e. The maximum atomic E-state index is 12.5. The van der Waals surface area contributed by atoms with Crippen molar-refractivity contribution in [3.63, 3.8) is 0 Å². The van der Waals surface area contributed by atoms with Gasteiger partial charge >= 0.3 is 6.03 Å². The number of benzene rings is 2. The Balaban J connectivity index is 2.00. The van der Waals surface area contributed by atoms with E-state index in [9.17, 15) is 9.59 Å². The van der Waals surface area contributed by atoms with Crippen molar-refractivity contribution < 1.29 is 14.9 Å². The van der Waals surface area contributed by atoms with E-state index < -0.39 is 12.1 Å². The lowest BCUT2D eigenvalue weighted by atomic mass is 10.1. The van der Waals surface area contributed by atoms with Crippen LogP contribution in [0, 0.1) is 0 Å². The van der Waals surface area contributed by atoms with Crippen LogP contribution in [-0.4, -0.2) is 25.0 Å². The van der Waals surface area contributed by atoms with Gasteiger partial charge < -0.3 is 10.6 Å². The molecule has 126 valence electrons. The van der Waals surface area contributed by atoms with Gasteiger partial charge in [0.25, 0.3) is 5.91 Å². The maximum absolute atomic E-state index is 12.5. The molecule has 5 nitrogen and oxygen atoms in total.